The van der Waals surface area contributed by atoms with Gasteiger partial charge in [-0.1, -0.05) is 11.6 Å². The van der Waals surface area contributed by atoms with E-state index in [1.807, 2.05) is 20.8 Å². The molecule has 1 aromatic rings. The van der Waals surface area contributed by atoms with E-state index >= 15 is 0 Å². The minimum absolute atomic E-state index is 0.0861. The highest BCUT2D eigenvalue weighted by atomic mass is 127. The third-order valence-corrected chi connectivity index (χ3v) is 6.98. The highest BCUT2D eigenvalue weighted by Gasteiger charge is 2.35. The Hall–Kier alpha value is -0.320. The number of amides is 1. The van der Waals surface area contributed by atoms with Crippen LogP contribution in [0.4, 0.5) is 4.79 Å². The molecule has 1 saturated heterocycles. The van der Waals surface area contributed by atoms with E-state index in [0.717, 1.165) is 20.4 Å². The Morgan fingerprint density at radius 1 is 1.44 bits per heavy atom. The van der Waals surface area contributed by atoms with Crippen LogP contribution in [0.5, 0.6) is 5.75 Å². The van der Waals surface area contributed by atoms with Crippen molar-refractivity contribution in [2.75, 3.05) is 26.2 Å². The second kappa shape index (κ2) is 7.36. The van der Waals surface area contributed by atoms with Crippen LogP contribution < -0.4 is 4.74 Å². The van der Waals surface area contributed by atoms with Gasteiger partial charge in [-0.25, -0.2) is 9.78 Å². The molecular weight excluding hydrogens is 524 g/mol. The van der Waals surface area contributed by atoms with Crippen LogP contribution in [0, 0.1) is 3.70 Å². The maximum absolute atomic E-state index is 12.3. The van der Waals surface area contributed by atoms with Crippen LogP contribution in [0.1, 0.15) is 26.5 Å². The molecule has 3 rings (SSSR count). The lowest BCUT2D eigenvalue weighted by atomic mass is 10.1. The predicted octanol–water partition coefficient (Wildman–Crippen LogP) is 3.92. The van der Waals surface area contributed by atoms with Gasteiger partial charge in [0.05, 0.1) is 16.2 Å². The van der Waals surface area contributed by atoms with Crippen molar-refractivity contribution in [2.24, 2.45) is 0 Å². The molecule has 1 amide bonds. The first-order valence-corrected chi connectivity index (χ1v) is 10.3. The van der Waals surface area contributed by atoms with Gasteiger partial charge in [0.2, 0.25) is 0 Å². The van der Waals surface area contributed by atoms with Crippen molar-refractivity contribution >= 4 is 56.2 Å². The summed E-state index contributed by atoms with van der Waals surface area (Å²) in [5, 5.41) is 0.554. The van der Waals surface area contributed by atoms with Gasteiger partial charge in [0, 0.05) is 26.2 Å². The second-order valence-electron chi connectivity index (χ2n) is 7.17. The SMILES string of the molecule is CC(C)(C)OC(=O)N1CCN2Cc3nc(I)c(Br)c(Cl)c3OC[C@H]2C1. The van der Waals surface area contributed by atoms with Crippen molar-refractivity contribution in [3.63, 3.8) is 0 Å². The van der Waals surface area contributed by atoms with E-state index in [4.69, 9.17) is 21.1 Å². The standard InChI is InChI=1S/C16H20BrClIN3O3/c1-16(2,3)25-15(23)22-5-4-21-7-10-13(24-8-9(21)6-22)12(18)11(17)14(19)20-10/h9H,4-8H2,1-3H3/t9-/m1/s1. The molecule has 2 aliphatic rings. The lowest BCUT2D eigenvalue weighted by Gasteiger charge is -2.40. The molecule has 3 heterocycles. The molecule has 0 N–H and O–H groups in total. The zero-order valence-electron chi connectivity index (χ0n) is 14.3. The Labute approximate surface area is 174 Å². The van der Waals surface area contributed by atoms with E-state index in [1.54, 1.807) is 4.90 Å². The van der Waals surface area contributed by atoms with Crippen LogP contribution >= 0.6 is 50.1 Å². The summed E-state index contributed by atoms with van der Waals surface area (Å²) in [6.07, 6.45) is -0.276. The van der Waals surface area contributed by atoms with Gasteiger partial charge in [0.25, 0.3) is 0 Å². The number of piperazine rings is 1. The first kappa shape index (κ1) is 19.4. The summed E-state index contributed by atoms with van der Waals surface area (Å²) in [7, 11) is 0. The van der Waals surface area contributed by atoms with Gasteiger partial charge < -0.3 is 14.4 Å². The Bertz CT molecular complexity index is 698. The number of hydrogen-bond donors (Lipinski definition) is 0. The third kappa shape index (κ3) is 4.33. The van der Waals surface area contributed by atoms with Crippen molar-refractivity contribution < 1.29 is 14.3 Å². The molecule has 6 nitrogen and oxygen atoms in total. The van der Waals surface area contributed by atoms with Gasteiger partial charge in [-0.2, -0.15) is 0 Å². The topological polar surface area (TPSA) is 54.9 Å². The van der Waals surface area contributed by atoms with E-state index in [0.29, 0.717) is 37.0 Å². The number of rotatable bonds is 0. The summed E-state index contributed by atoms with van der Waals surface area (Å²) < 4.78 is 13.0. The van der Waals surface area contributed by atoms with E-state index in [9.17, 15) is 4.79 Å². The Morgan fingerprint density at radius 3 is 2.84 bits per heavy atom. The average molecular weight is 545 g/mol. The van der Waals surface area contributed by atoms with Crippen molar-refractivity contribution in [3.8, 4) is 5.75 Å². The number of ether oxygens (including phenoxy) is 2. The summed E-state index contributed by atoms with van der Waals surface area (Å²) in [5.74, 6) is 0.632. The molecule has 0 aliphatic carbocycles. The number of halogens is 3. The highest BCUT2D eigenvalue weighted by Crippen LogP contribution is 2.39. The molecule has 0 saturated carbocycles. The average Bonchev–Trinajstić information content (AvgIpc) is 2.69. The van der Waals surface area contributed by atoms with Crippen molar-refractivity contribution in [3.05, 3.63) is 18.9 Å². The predicted molar refractivity (Wildman–Crippen MR) is 107 cm³/mol. The molecule has 138 valence electrons. The Balaban J connectivity index is 1.75. The number of aromatic nitrogens is 1. The number of hydrogen-bond acceptors (Lipinski definition) is 5. The number of carbonyl (C=O) groups is 1. The summed E-state index contributed by atoms with van der Waals surface area (Å²) in [5.41, 5.74) is 0.343. The lowest BCUT2D eigenvalue weighted by Crippen LogP contribution is -2.56. The van der Waals surface area contributed by atoms with Gasteiger partial charge in [-0.05, 0) is 59.3 Å². The first-order valence-electron chi connectivity index (χ1n) is 8.04. The smallest absolute Gasteiger partial charge is 0.410 e. The van der Waals surface area contributed by atoms with Crippen LogP contribution in [0.2, 0.25) is 5.02 Å². The molecule has 0 radical (unpaired) electrons. The molecule has 0 spiro atoms. The molecule has 25 heavy (non-hydrogen) atoms. The number of pyridine rings is 1. The largest absolute Gasteiger partial charge is 0.488 e. The first-order chi connectivity index (χ1) is 11.7. The molecule has 0 unspecified atom stereocenters. The number of fused-ring (bicyclic) bond motifs is 2. The molecule has 2 aliphatic heterocycles. The van der Waals surface area contributed by atoms with Gasteiger partial charge in [-0.3, -0.25) is 4.90 Å². The fourth-order valence-corrected chi connectivity index (χ4v) is 4.15. The monoisotopic (exact) mass is 543 g/mol. The minimum atomic E-state index is -0.495. The maximum Gasteiger partial charge on any atom is 0.410 e. The Morgan fingerprint density at radius 2 is 2.16 bits per heavy atom. The summed E-state index contributed by atoms with van der Waals surface area (Å²) in [4.78, 5) is 21.0. The lowest BCUT2D eigenvalue weighted by molar-refractivity contribution is -0.00164. The number of nitrogens with zero attached hydrogens (tertiary/aromatic N) is 3. The van der Waals surface area contributed by atoms with E-state index in [-0.39, 0.29) is 12.1 Å². The zero-order valence-corrected chi connectivity index (χ0v) is 18.8. The number of carbonyl (C=O) groups excluding carboxylic acids is 1. The second-order valence-corrected chi connectivity index (χ2v) is 9.36. The molecule has 0 bridgehead atoms. The normalized spacial score (nSPS) is 21.0. The van der Waals surface area contributed by atoms with Crippen molar-refractivity contribution in [1.82, 2.24) is 14.8 Å². The van der Waals surface area contributed by atoms with Crippen LogP contribution in [0.15, 0.2) is 4.47 Å². The maximum atomic E-state index is 12.3. The summed E-state index contributed by atoms with van der Waals surface area (Å²) in [6.45, 7) is 8.69. The summed E-state index contributed by atoms with van der Waals surface area (Å²) >= 11 is 12.0. The van der Waals surface area contributed by atoms with Crippen molar-refractivity contribution in [2.45, 2.75) is 39.0 Å². The van der Waals surface area contributed by atoms with Gasteiger partial charge in [0.15, 0.2) is 5.75 Å². The fraction of sp³-hybridized carbons (Fsp3) is 0.625. The summed E-state index contributed by atoms with van der Waals surface area (Å²) in [6, 6.07) is 0.0861. The third-order valence-electron chi connectivity index (χ3n) is 4.10. The van der Waals surface area contributed by atoms with Gasteiger partial charge >= 0.3 is 6.09 Å². The van der Waals surface area contributed by atoms with E-state index in [2.05, 4.69) is 48.4 Å². The molecule has 0 aromatic carbocycles. The highest BCUT2D eigenvalue weighted by molar-refractivity contribution is 14.1. The molecule has 1 fully saturated rings. The fourth-order valence-electron chi connectivity index (χ4n) is 2.91. The van der Waals surface area contributed by atoms with Crippen molar-refractivity contribution in [1.29, 1.82) is 0 Å². The zero-order chi connectivity index (χ0) is 18.4. The van der Waals surface area contributed by atoms with E-state index in [1.165, 1.54) is 0 Å². The minimum Gasteiger partial charge on any atom is -0.488 e. The Kier molecular flexibility index (Phi) is 5.72. The van der Waals surface area contributed by atoms with Crippen LogP contribution in [0.3, 0.4) is 0 Å². The van der Waals surface area contributed by atoms with E-state index < -0.39 is 5.60 Å². The van der Waals surface area contributed by atoms with Crippen LogP contribution in [0.25, 0.3) is 0 Å². The molecule has 1 atom stereocenters. The molecule has 1 aromatic heterocycles. The van der Waals surface area contributed by atoms with Gasteiger partial charge in [-0.15, -0.1) is 0 Å². The molecular formula is C16H20BrClIN3O3. The van der Waals surface area contributed by atoms with Gasteiger partial charge in [0.1, 0.15) is 20.9 Å². The quantitative estimate of drug-likeness (QED) is 0.366. The molecule has 9 heteroatoms. The van der Waals surface area contributed by atoms with Crippen LogP contribution in [-0.4, -0.2) is 58.8 Å². The van der Waals surface area contributed by atoms with Crippen LogP contribution in [-0.2, 0) is 11.3 Å².